The van der Waals surface area contributed by atoms with Crippen LogP contribution in [-0.4, -0.2) is 5.91 Å². The van der Waals surface area contributed by atoms with Gasteiger partial charge in [-0.25, -0.2) is 8.78 Å². The Morgan fingerprint density at radius 1 is 1.16 bits per heavy atom. The summed E-state index contributed by atoms with van der Waals surface area (Å²) in [6.45, 7) is 2.05. The fourth-order valence-corrected chi connectivity index (χ4v) is 2.29. The highest BCUT2D eigenvalue weighted by atomic mass is 19.1. The molecule has 0 aliphatic carbocycles. The molecule has 0 aromatic heterocycles. The Balaban J connectivity index is 2.21. The molecule has 1 N–H and O–H groups in total. The maximum absolute atomic E-state index is 14.1. The average molecular weight is 259 g/mol. The van der Waals surface area contributed by atoms with Crippen LogP contribution in [0.1, 0.15) is 21.5 Å². The molecule has 1 aliphatic heterocycles. The Morgan fingerprint density at radius 3 is 2.74 bits per heavy atom. The van der Waals surface area contributed by atoms with E-state index >= 15 is 0 Å². The predicted molar refractivity (Wildman–Crippen MR) is 67.7 cm³/mol. The lowest BCUT2D eigenvalue weighted by Crippen LogP contribution is -2.12. The van der Waals surface area contributed by atoms with Crippen molar-refractivity contribution in [3.8, 4) is 11.1 Å². The van der Waals surface area contributed by atoms with Gasteiger partial charge in [-0.15, -0.1) is 0 Å². The molecule has 2 aromatic rings. The molecule has 1 amide bonds. The number of aryl methyl sites for hydroxylation is 1. The molecule has 0 saturated carbocycles. The van der Waals surface area contributed by atoms with Crippen LogP contribution in [0.25, 0.3) is 11.1 Å². The van der Waals surface area contributed by atoms with Gasteiger partial charge in [-0.2, -0.15) is 0 Å². The maximum Gasteiger partial charge on any atom is 0.251 e. The predicted octanol–water partition coefficient (Wildman–Crippen LogP) is 3.18. The number of carbonyl (C=O) groups is 1. The van der Waals surface area contributed by atoms with E-state index in [1.807, 2.05) is 0 Å². The Kier molecular flexibility index (Phi) is 2.59. The molecule has 1 aliphatic rings. The highest BCUT2D eigenvalue weighted by Crippen LogP contribution is 2.30. The minimum atomic E-state index is -0.624. The molecule has 1 heterocycles. The van der Waals surface area contributed by atoms with Crippen LogP contribution in [-0.2, 0) is 6.54 Å². The van der Waals surface area contributed by atoms with Crippen molar-refractivity contribution in [2.45, 2.75) is 13.5 Å². The number of benzene rings is 2. The van der Waals surface area contributed by atoms with E-state index in [2.05, 4.69) is 5.32 Å². The van der Waals surface area contributed by atoms with Crippen molar-refractivity contribution < 1.29 is 13.6 Å². The molecule has 0 fully saturated rings. The molecule has 0 unspecified atom stereocenters. The molecule has 4 heteroatoms. The summed E-state index contributed by atoms with van der Waals surface area (Å²) in [7, 11) is 0. The number of fused-ring (bicyclic) bond motifs is 1. The van der Waals surface area contributed by atoms with Gasteiger partial charge in [-0.05, 0) is 35.7 Å². The van der Waals surface area contributed by atoms with Gasteiger partial charge in [0, 0.05) is 12.1 Å². The smallest absolute Gasteiger partial charge is 0.251 e. The quantitative estimate of drug-likeness (QED) is 0.837. The van der Waals surface area contributed by atoms with Gasteiger partial charge in [0.25, 0.3) is 5.91 Å². The molecule has 0 atom stereocenters. The van der Waals surface area contributed by atoms with E-state index in [4.69, 9.17) is 0 Å². The van der Waals surface area contributed by atoms with Crippen LogP contribution in [0.4, 0.5) is 8.78 Å². The van der Waals surface area contributed by atoms with Gasteiger partial charge in [0.1, 0.15) is 11.6 Å². The van der Waals surface area contributed by atoms with E-state index < -0.39 is 11.6 Å². The van der Waals surface area contributed by atoms with Gasteiger partial charge in [-0.1, -0.05) is 18.2 Å². The SMILES string of the molecule is Cc1ccc(F)c(-c2ccc3c(c2)C(=O)NC3)c1F. The van der Waals surface area contributed by atoms with E-state index in [1.165, 1.54) is 12.1 Å². The highest BCUT2D eigenvalue weighted by Gasteiger charge is 2.21. The molecule has 96 valence electrons. The van der Waals surface area contributed by atoms with Gasteiger partial charge < -0.3 is 5.32 Å². The van der Waals surface area contributed by atoms with E-state index in [0.717, 1.165) is 5.56 Å². The molecule has 19 heavy (non-hydrogen) atoms. The molecule has 2 nitrogen and oxygen atoms in total. The first-order chi connectivity index (χ1) is 9.08. The van der Waals surface area contributed by atoms with Crippen molar-refractivity contribution in [1.82, 2.24) is 5.32 Å². The van der Waals surface area contributed by atoms with Crippen LogP contribution in [0, 0.1) is 18.6 Å². The first kappa shape index (κ1) is 11.8. The van der Waals surface area contributed by atoms with Crippen LogP contribution in [0.3, 0.4) is 0 Å². The van der Waals surface area contributed by atoms with E-state index in [9.17, 15) is 13.6 Å². The molecule has 3 rings (SSSR count). The minimum absolute atomic E-state index is 0.0810. The average Bonchev–Trinajstić information content (AvgIpc) is 2.76. The van der Waals surface area contributed by atoms with Crippen molar-refractivity contribution in [1.29, 1.82) is 0 Å². The number of amides is 1. The molecule has 0 radical (unpaired) electrons. The summed E-state index contributed by atoms with van der Waals surface area (Å²) in [6, 6.07) is 7.54. The van der Waals surface area contributed by atoms with Crippen LogP contribution in [0.2, 0.25) is 0 Å². The number of nitrogens with one attached hydrogen (secondary N) is 1. The molecular weight excluding hydrogens is 248 g/mol. The maximum atomic E-state index is 14.1. The lowest BCUT2D eigenvalue weighted by Gasteiger charge is -2.08. The zero-order valence-corrected chi connectivity index (χ0v) is 10.3. The molecular formula is C15H11F2NO. The highest BCUT2D eigenvalue weighted by molar-refractivity contribution is 5.99. The van der Waals surface area contributed by atoms with Gasteiger partial charge in [0.05, 0.1) is 5.56 Å². The summed E-state index contributed by atoms with van der Waals surface area (Å²) in [5, 5.41) is 2.68. The normalized spacial score (nSPS) is 13.3. The van der Waals surface area contributed by atoms with Crippen molar-refractivity contribution in [3.63, 3.8) is 0 Å². The Bertz CT molecular complexity index is 695. The lowest BCUT2D eigenvalue weighted by atomic mass is 9.98. The summed E-state index contributed by atoms with van der Waals surface area (Å²) in [6.07, 6.45) is 0. The molecule has 0 spiro atoms. The third-order valence-electron chi connectivity index (χ3n) is 3.37. The summed E-state index contributed by atoms with van der Waals surface area (Å²) in [5.41, 5.74) is 2.01. The topological polar surface area (TPSA) is 29.1 Å². The second-order valence-corrected chi connectivity index (χ2v) is 4.61. The standard InChI is InChI=1S/C15H11F2NO/c1-8-2-5-12(16)13(14(8)17)9-3-4-10-7-18-15(19)11(10)6-9/h2-6H,7H2,1H3,(H,18,19). The third kappa shape index (κ3) is 1.80. The van der Waals surface area contributed by atoms with E-state index in [0.29, 0.717) is 23.2 Å². The number of halogens is 2. The van der Waals surface area contributed by atoms with Gasteiger partial charge in [-0.3, -0.25) is 4.79 Å². The Labute approximate surface area is 109 Å². The van der Waals surface area contributed by atoms with Crippen molar-refractivity contribution in [2.75, 3.05) is 0 Å². The summed E-state index contributed by atoms with van der Waals surface area (Å²) < 4.78 is 27.9. The van der Waals surface area contributed by atoms with Crippen LogP contribution in [0.15, 0.2) is 30.3 Å². The van der Waals surface area contributed by atoms with Crippen molar-refractivity contribution in [2.24, 2.45) is 0 Å². The van der Waals surface area contributed by atoms with Crippen LogP contribution in [0.5, 0.6) is 0 Å². The second kappa shape index (κ2) is 4.16. The van der Waals surface area contributed by atoms with E-state index in [-0.39, 0.29) is 11.5 Å². The minimum Gasteiger partial charge on any atom is -0.348 e. The monoisotopic (exact) mass is 259 g/mol. The zero-order chi connectivity index (χ0) is 13.6. The fourth-order valence-electron chi connectivity index (χ4n) is 2.29. The number of carbonyl (C=O) groups excluding carboxylic acids is 1. The van der Waals surface area contributed by atoms with Gasteiger partial charge in [0.2, 0.25) is 0 Å². The van der Waals surface area contributed by atoms with Crippen LogP contribution >= 0.6 is 0 Å². The first-order valence-electron chi connectivity index (χ1n) is 5.94. The fraction of sp³-hybridized carbons (Fsp3) is 0.133. The zero-order valence-electron chi connectivity index (χ0n) is 10.3. The third-order valence-corrected chi connectivity index (χ3v) is 3.37. The Hall–Kier alpha value is -2.23. The number of hydrogen-bond acceptors (Lipinski definition) is 1. The van der Waals surface area contributed by atoms with Gasteiger partial charge >= 0.3 is 0 Å². The number of hydrogen-bond donors (Lipinski definition) is 1. The van der Waals surface area contributed by atoms with E-state index in [1.54, 1.807) is 25.1 Å². The lowest BCUT2D eigenvalue weighted by molar-refractivity contribution is 0.0966. The van der Waals surface area contributed by atoms with Crippen LogP contribution < -0.4 is 5.32 Å². The first-order valence-corrected chi connectivity index (χ1v) is 5.94. The second-order valence-electron chi connectivity index (χ2n) is 4.61. The summed E-state index contributed by atoms with van der Waals surface area (Å²) >= 11 is 0. The number of rotatable bonds is 1. The molecule has 0 bridgehead atoms. The summed E-state index contributed by atoms with van der Waals surface area (Å²) in [4.78, 5) is 11.6. The molecule has 0 saturated heterocycles. The van der Waals surface area contributed by atoms with Gasteiger partial charge in [0.15, 0.2) is 0 Å². The largest absolute Gasteiger partial charge is 0.348 e. The van der Waals surface area contributed by atoms with Crippen molar-refractivity contribution >= 4 is 5.91 Å². The Morgan fingerprint density at radius 2 is 1.95 bits per heavy atom. The summed E-state index contributed by atoms with van der Waals surface area (Å²) in [5.74, 6) is -1.41. The van der Waals surface area contributed by atoms with Crippen molar-refractivity contribution in [3.05, 3.63) is 58.7 Å². The molecule has 2 aromatic carbocycles.